The van der Waals surface area contributed by atoms with Gasteiger partial charge in [-0.15, -0.1) is 11.8 Å². The van der Waals surface area contributed by atoms with Crippen molar-refractivity contribution >= 4 is 25.9 Å². The normalized spacial score (nSPS) is 22.5. The van der Waals surface area contributed by atoms with Crippen molar-refractivity contribution in [1.29, 1.82) is 0 Å². The van der Waals surface area contributed by atoms with Crippen molar-refractivity contribution < 1.29 is 13.6 Å². The van der Waals surface area contributed by atoms with Crippen molar-refractivity contribution in [2.45, 2.75) is 50.6 Å². The second-order valence-electron chi connectivity index (χ2n) is 7.09. The summed E-state index contributed by atoms with van der Waals surface area (Å²) in [5.74, 6) is -0.579. The minimum Gasteiger partial charge on any atom is -0.413 e. The number of nitrogens with two attached hydrogens (primary N) is 1. The van der Waals surface area contributed by atoms with Crippen LogP contribution in [0, 0.1) is 5.82 Å². The molecule has 2 N–H and O–H groups in total. The van der Waals surface area contributed by atoms with Gasteiger partial charge in [-0.05, 0) is 18.1 Å². The van der Waals surface area contributed by atoms with Gasteiger partial charge in [-0.3, -0.25) is 4.57 Å². The molecule has 9 heteroatoms. The Morgan fingerprint density at radius 2 is 2.22 bits per heavy atom. The number of ether oxygens (including phenoxy) is 1. The maximum Gasteiger partial charge on any atom is 0.351 e. The number of thioether (sulfide) groups is 1. The van der Waals surface area contributed by atoms with Crippen LogP contribution >= 0.6 is 11.8 Å². The summed E-state index contributed by atoms with van der Waals surface area (Å²) in [7, 11) is -1.85. The van der Waals surface area contributed by atoms with E-state index >= 15 is 0 Å². The van der Waals surface area contributed by atoms with Gasteiger partial charge in [-0.25, -0.2) is 9.18 Å². The summed E-state index contributed by atoms with van der Waals surface area (Å²) in [5.41, 5.74) is 4.50. The molecule has 6 nitrogen and oxygen atoms in total. The highest BCUT2D eigenvalue weighted by Gasteiger charge is 2.39. The van der Waals surface area contributed by atoms with Gasteiger partial charge in [-0.1, -0.05) is 20.8 Å². The molecule has 1 fully saturated rings. The summed E-state index contributed by atoms with van der Waals surface area (Å²) in [6.45, 7) is 11.3. The Morgan fingerprint density at radius 3 is 2.83 bits per heavy atom. The molecule has 0 spiro atoms. The zero-order chi connectivity index (χ0) is 17.4. The minimum absolute atomic E-state index is 0.122. The number of nitrogens with zero attached hydrogens (tertiary/aromatic N) is 2. The molecule has 0 saturated carbocycles. The fourth-order valence-corrected chi connectivity index (χ4v) is 3.94. The van der Waals surface area contributed by atoms with Crippen LogP contribution < -0.4 is 11.4 Å². The molecule has 130 valence electrons. The fourth-order valence-electron chi connectivity index (χ4n) is 1.83. The number of aromatic nitrogens is 2. The van der Waals surface area contributed by atoms with E-state index in [4.69, 9.17) is 14.9 Å². The summed E-state index contributed by atoms with van der Waals surface area (Å²) in [6, 6.07) is 0. The standard InChI is InChI=1S/C14H24FN3O3SSi/c1-14(2,3)23(4,5)20-7-11-21-10(8-22-11)18-6-9(15)12(16)17-13(18)19/h6,10-11H,7-8H2,1-5H3,(H2,16,17,19)/t10-,11+/m0/s1/i13+1,17+1,18+1. The van der Waals surface area contributed by atoms with E-state index in [1.807, 2.05) is 0 Å². The van der Waals surface area contributed by atoms with Crippen molar-refractivity contribution in [3.63, 3.8) is 0 Å². The van der Waals surface area contributed by atoms with Crippen LogP contribution in [-0.2, 0) is 9.16 Å². The van der Waals surface area contributed by atoms with Gasteiger partial charge < -0.3 is 14.9 Å². The molecule has 1 aromatic heterocycles. The fraction of sp³-hybridized carbons (Fsp3) is 0.714. The lowest BCUT2D eigenvalue weighted by Gasteiger charge is -2.36. The second-order valence-corrected chi connectivity index (χ2v) is 13.1. The molecule has 1 aliphatic heterocycles. The van der Waals surface area contributed by atoms with Crippen LogP contribution in [0.5, 0.6) is 0 Å². The molecular formula is C14H24FN3O3SSi. The van der Waals surface area contributed by atoms with Crippen LogP contribution in [0.25, 0.3) is 0 Å². The number of rotatable bonds is 4. The average Bonchev–Trinajstić information content (AvgIpc) is 2.88. The molecule has 0 radical (unpaired) electrons. The number of hydrogen-bond donors (Lipinski definition) is 1. The zero-order valence-corrected chi connectivity index (χ0v) is 15.9. The van der Waals surface area contributed by atoms with Crippen molar-refractivity contribution in [2.24, 2.45) is 0 Å². The lowest BCUT2D eigenvalue weighted by Crippen LogP contribution is -2.42. The molecule has 0 aliphatic carbocycles. The van der Waals surface area contributed by atoms with Gasteiger partial charge in [0.25, 0.3) is 0 Å². The maximum atomic E-state index is 13.5. The van der Waals surface area contributed by atoms with Gasteiger partial charge >= 0.3 is 5.69 Å². The maximum absolute atomic E-state index is 13.5. The van der Waals surface area contributed by atoms with Crippen molar-refractivity contribution in [3.05, 3.63) is 22.5 Å². The van der Waals surface area contributed by atoms with E-state index < -0.39 is 31.9 Å². The van der Waals surface area contributed by atoms with Crippen molar-refractivity contribution in [1.82, 2.24) is 9.55 Å². The summed E-state index contributed by atoms with van der Waals surface area (Å²) in [4.78, 5) is 15.3. The van der Waals surface area contributed by atoms with Crippen LogP contribution in [0.3, 0.4) is 0 Å². The predicted octanol–water partition coefficient (Wildman–Crippen LogP) is 2.57. The highest BCUT2D eigenvalue weighted by Crippen LogP contribution is 2.38. The monoisotopic (exact) mass is 364 g/mol. The van der Waals surface area contributed by atoms with Gasteiger partial charge in [0.2, 0.25) is 0 Å². The van der Waals surface area contributed by atoms with Crippen LogP contribution in [0.15, 0.2) is 11.0 Å². The third-order valence-electron chi connectivity index (χ3n) is 4.36. The first-order chi connectivity index (χ1) is 10.5. The Balaban J connectivity index is 2.00. The third-order valence-corrected chi connectivity index (χ3v) is 9.96. The molecule has 0 amide bonds. The summed E-state index contributed by atoms with van der Waals surface area (Å²) < 4.78 is 26.6. The molecule has 2 rings (SSSR count). The van der Waals surface area contributed by atoms with Crippen molar-refractivity contribution in [2.75, 3.05) is 18.1 Å². The van der Waals surface area contributed by atoms with Crippen molar-refractivity contribution in [3.8, 4) is 0 Å². The van der Waals surface area contributed by atoms with E-state index in [1.165, 1.54) is 0 Å². The molecular weight excluding hydrogens is 340 g/mol. The quantitative estimate of drug-likeness (QED) is 0.827. The molecule has 0 unspecified atom stereocenters. The Labute approximate surface area is 140 Å². The van der Waals surface area contributed by atoms with E-state index in [0.717, 1.165) is 10.8 Å². The molecule has 1 saturated heterocycles. The van der Waals surface area contributed by atoms with Gasteiger partial charge in [0.1, 0.15) is 11.7 Å². The number of nitrogen functional groups attached to an aromatic ring is 1. The predicted molar refractivity (Wildman–Crippen MR) is 92.4 cm³/mol. The largest absolute Gasteiger partial charge is 0.413 e. The van der Waals surface area contributed by atoms with Gasteiger partial charge in [-0.2, -0.15) is 4.98 Å². The van der Waals surface area contributed by atoms with E-state index in [1.54, 1.807) is 11.8 Å². The van der Waals surface area contributed by atoms with Crippen LogP contribution in [0.2, 0.25) is 18.1 Å². The Morgan fingerprint density at radius 1 is 1.57 bits per heavy atom. The number of anilines is 1. The SMILES string of the molecule is CC(C)(C)[Si](C)(C)OC[C@@H]1O[C@H]([15n]2cc(F)c(N)[15n][13c]2=O)CS1. The Kier molecular flexibility index (Phi) is 5.24. The molecule has 1 aromatic rings. The Hall–Kier alpha value is -0.903. The molecule has 1 aliphatic rings. The lowest BCUT2D eigenvalue weighted by atomic mass is 10.2. The first-order valence-electron chi connectivity index (χ1n) is 7.46. The minimum atomic E-state index is -1.85. The van der Waals surface area contributed by atoms with E-state index in [-0.39, 0.29) is 10.5 Å². The topological polar surface area (TPSA) is 79.4 Å². The molecule has 2 heterocycles. The molecule has 23 heavy (non-hydrogen) atoms. The highest BCUT2D eigenvalue weighted by atomic mass is 32.2. The van der Waals surface area contributed by atoms with Gasteiger partial charge in [0.15, 0.2) is 20.0 Å². The van der Waals surface area contributed by atoms with E-state index in [9.17, 15) is 9.18 Å². The Bertz CT molecular complexity index is 633. The van der Waals surface area contributed by atoms with Gasteiger partial charge in [0, 0.05) is 5.75 Å². The van der Waals surface area contributed by atoms with Crippen LogP contribution in [0.1, 0.15) is 27.0 Å². The van der Waals surface area contributed by atoms with Crippen LogP contribution in [0.4, 0.5) is 10.2 Å². The summed E-state index contributed by atoms with van der Waals surface area (Å²) in [6.07, 6.45) is 0.496. The van der Waals surface area contributed by atoms with Crippen LogP contribution in [-0.4, -0.2) is 35.7 Å². The summed E-state index contributed by atoms with van der Waals surface area (Å²) >= 11 is 1.55. The lowest BCUT2D eigenvalue weighted by molar-refractivity contribution is -0.00459. The first-order valence-corrected chi connectivity index (χ1v) is 11.4. The number of hydrogen-bond acceptors (Lipinski definition) is 6. The zero-order valence-electron chi connectivity index (χ0n) is 14.1. The molecule has 2 atom stereocenters. The average molecular weight is 364 g/mol. The number of halogens is 1. The molecule has 0 aromatic carbocycles. The highest BCUT2D eigenvalue weighted by molar-refractivity contribution is 8.00. The first kappa shape index (κ1) is 18.4. The smallest absolute Gasteiger partial charge is 0.351 e. The van der Waals surface area contributed by atoms with Gasteiger partial charge in [0.05, 0.1) is 12.8 Å². The molecule has 0 bridgehead atoms. The third kappa shape index (κ3) is 4.14. The second kappa shape index (κ2) is 6.54. The van der Waals surface area contributed by atoms with E-state index in [0.29, 0.717) is 12.4 Å². The van der Waals surface area contributed by atoms with E-state index in [2.05, 4.69) is 38.8 Å². The summed E-state index contributed by atoms with van der Waals surface area (Å²) in [5, 5.41) is 0.122.